The molecular formula is C15H18N2O2S. The van der Waals surface area contributed by atoms with Gasteiger partial charge in [0, 0.05) is 6.04 Å². The zero-order valence-corrected chi connectivity index (χ0v) is 12.1. The SMILES string of the molecule is O=C1CC(NC2CCSCC2)C(=O)N1c1ccccc1. The number of imide groups is 1. The van der Waals surface area contributed by atoms with Crippen molar-refractivity contribution in [1.29, 1.82) is 0 Å². The number of carbonyl (C=O) groups excluding carboxylic acids is 2. The monoisotopic (exact) mass is 290 g/mol. The van der Waals surface area contributed by atoms with Crippen LogP contribution in [0.4, 0.5) is 5.69 Å². The molecule has 0 saturated carbocycles. The summed E-state index contributed by atoms with van der Waals surface area (Å²) in [7, 11) is 0. The van der Waals surface area contributed by atoms with Crippen LogP contribution in [-0.2, 0) is 9.59 Å². The van der Waals surface area contributed by atoms with E-state index in [-0.39, 0.29) is 24.3 Å². The average molecular weight is 290 g/mol. The Bertz CT molecular complexity index is 500. The first-order valence-corrected chi connectivity index (χ1v) is 8.17. The van der Waals surface area contributed by atoms with Crippen molar-refractivity contribution in [3.8, 4) is 0 Å². The van der Waals surface area contributed by atoms with E-state index in [1.165, 1.54) is 4.90 Å². The van der Waals surface area contributed by atoms with Crippen molar-refractivity contribution < 1.29 is 9.59 Å². The van der Waals surface area contributed by atoms with Crippen LogP contribution in [0, 0.1) is 0 Å². The topological polar surface area (TPSA) is 49.4 Å². The van der Waals surface area contributed by atoms with Gasteiger partial charge in [-0.25, -0.2) is 4.90 Å². The van der Waals surface area contributed by atoms with Crippen LogP contribution < -0.4 is 10.2 Å². The van der Waals surface area contributed by atoms with Gasteiger partial charge in [-0.05, 0) is 36.5 Å². The normalized spacial score (nSPS) is 24.4. The van der Waals surface area contributed by atoms with Gasteiger partial charge >= 0.3 is 0 Å². The molecule has 4 nitrogen and oxygen atoms in total. The molecule has 3 rings (SSSR count). The fraction of sp³-hybridized carbons (Fsp3) is 0.467. The van der Waals surface area contributed by atoms with Gasteiger partial charge in [-0.2, -0.15) is 11.8 Å². The van der Waals surface area contributed by atoms with Crippen LogP contribution in [0.5, 0.6) is 0 Å². The summed E-state index contributed by atoms with van der Waals surface area (Å²) in [6.07, 6.45) is 2.43. The molecule has 1 N–H and O–H groups in total. The van der Waals surface area contributed by atoms with Crippen molar-refractivity contribution in [2.24, 2.45) is 0 Å². The maximum Gasteiger partial charge on any atom is 0.251 e. The highest BCUT2D eigenvalue weighted by Crippen LogP contribution is 2.24. The smallest absolute Gasteiger partial charge is 0.251 e. The Morgan fingerprint density at radius 1 is 1.10 bits per heavy atom. The van der Waals surface area contributed by atoms with Gasteiger partial charge in [-0.1, -0.05) is 18.2 Å². The van der Waals surface area contributed by atoms with Crippen molar-refractivity contribution in [3.63, 3.8) is 0 Å². The fourth-order valence-corrected chi connectivity index (χ4v) is 3.87. The summed E-state index contributed by atoms with van der Waals surface area (Å²) >= 11 is 1.95. The molecule has 1 unspecified atom stereocenters. The zero-order valence-electron chi connectivity index (χ0n) is 11.2. The molecule has 0 spiro atoms. The predicted molar refractivity (Wildman–Crippen MR) is 80.8 cm³/mol. The van der Waals surface area contributed by atoms with Crippen LogP contribution in [0.25, 0.3) is 0 Å². The third-order valence-corrected chi connectivity index (χ3v) is 4.87. The summed E-state index contributed by atoms with van der Waals surface area (Å²) in [6, 6.07) is 9.18. The van der Waals surface area contributed by atoms with E-state index in [1.54, 1.807) is 12.1 Å². The number of amides is 2. The molecule has 106 valence electrons. The molecule has 2 aliphatic heterocycles. The van der Waals surface area contributed by atoms with E-state index in [1.807, 2.05) is 30.0 Å². The third-order valence-electron chi connectivity index (χ3n) is 3.82. The number of hydrogen-bond acceptors (Lipinski definition) is 4. The highest BCUT2D eigenvalue weighted by atomic mass is 32.2. The number of benzene rings is 1. The first-order valence-electron chi connectivity index (χ1n) is 7.01. The van der Waals surface area contributed by atoms with Gasteiger partial charge < -0.3 is 5.32 Å². The zero-order chi connectivity index (χ0) is 13.9. The molecule has 5 heteroatoms. The van der Waals surface area contributed by atoms with Gasteiger partial charge in [0.1, 0.15) is 0 Å². The molecule has 20 heavy (non-hydrogen) atoms. The largest absolute Gasteiger partial charge is 0.303 e. The van der Waals surface area contributed by atoms with Crippen LogP contribution in [0.3, 0.4) is 0 Å². The number of hydrogen-bond donors (Lipinski definition) is 1. The average Bonchev–Trinajstić information content (AvgIpc) is 2.75. The second kappa shape index (κ2) is 5.97. The molecule has 2 fully saturated rings. The van der Waals surface area contributed by atoms with E-state index in [0.717, 1.165) is 24.3 Å². The number of carbonyl (C=O) groups is 2. The maximum absolute atomic E-state index is 12.4. The predicted octanol–water partition coefficient (Wildman–Crippen LogP) is 1.80. The van der Waals surface area contributed by atoms with Crippen LogP contribution in [0.15, 0.2) is 30.3 Å². The van der Waals surface area contributed by atoms with Gasteiger partial charge in [0.15, 0.2) is 0 Å². The second-order valence-corrected chi connectivity index (χ2v) is 6.44. The van der Waals surface area contributed by atoms with Crippen LogP contribution in [0.2, 0.25) is 0 Å². The number of nitrogens with zero attached hydrogens (tertiary/aromatic N) is 1. The summed E-state index contributed by atoms with van der Waals surface area (Å²) in [5.41, 5.74) is 0.672. The molecule has 2 saturated heterocycles. The molecular weight excluding hydrogens is 272 g/mol. The van der Waals surface area contributed by atoms with Gasteiger partial charge in [0.05, 0.1) is 18.2 Å². The van der Waals surface area contributed by atoms with Crippen LogP contribution in [-0.4, -0.2) is 35.4 Å². The number of para-hydroxylation sites is 1. The lowest BCUT2D eigenvalue weighted by molar-refractivity contribution is -0.121. The Balaban J connectivity index is 1.70. The molecule has 0 bridgehead atoms. The van der Waals surface area contributed by atoms with Gasteiger partial charge in [0.25, 0.3) is 5.91 Å². The molecule has 0 aliphatic carbocycles. The fourth-order valence-electron chi connectivity index (χ4n) is 2.76. The second-order valence-electron chi connectivity index (χ2n) is 5.21. The lowest BCUT2D eigenvalue weighted by Gasteiger charge is -2.25. The van der Waals surface area contributed by atoms with Gasteiger partial charge in [-0.15, -0.1) is 0 Å². The van der Waals surface area contributed by atoms with Gasteiger partial charge in [-0.3, -0.25) is 9.59 Å². The Morgan fingerprint density at radius 2 is 1.80 bits per heavy atom. The van der Waals surface area contributed by atoms with Crippen LogP contribution in [0.1, 0.15) is 19.3 Å². The first kappa shape index (κ1) is 13.6. The molecule has 2 heterocycles. The molecule has 1 aromatic rings. The number of thioether (sulfide) groups is 1. The Labute approximate surface area is 122 Å². The van der Waals surface area contributed by atoms with Crippen molar-refractivity contribution >= 4 is 29.3 Å². The highest BCUT2D eigenvalue weighted by Gasteiger charge is 2.40. The van der Waals surface area contributed by atoms with Crippen molar-refractivity contribution in [3.05, 3.63) is 30.3 Å². The summed E-state index contributed by atoms with van der Waals surface area (Å²) < 4.78 is 0. The van der Waals surface area contributed by atoms with E-state index in [4.69, 9.17) is 0 Å². The summed E-state index contributed by atoms with van der Waals surface area (Å²) in [5, 5.41) is 3.37. The number of nitrogens with one attached hydrogen (secondary N) is 1. The lowest BCUT2D eigenvalue weighted by atomic mass is 10.1. The molecule has 1 aromatic carbocycles. The van der Waals surface area contributed by atoms with Crippen LogP contribution >= 0.6 is 11.8 Å². The summed E-state index contributed by atoms with van der Waals surface area (Å²) in [4.78, 5) is 25.8. The van der Waals surface area contributed by atoms with Crippen molar-refractivity contribution in [1.82, 2.24) is 5.32 Å². The minimum atomic E-state index is -0.351. The molecule has 0 radical (unpaired) electrons. The Hall–Kier alpha value is -1.33. The molecule has 1 atom stereocenters. The number of rotatable bonds is 3. The molecule has 2 aliphatic rings. The Morgan fingerprint density at radius 3 is 2.50 bits per heavy atom. The van der Waals surface area contributed by atoms with E-state index < -0.39 is 0 Å². The molecule has 2 amide bonds. The minimum absolute atomic E-state index is 0.108. The van der Waals surface area contributed by atoms with E-state index >= 15 is 0 Å². The first-order chi connectivity index (χ1) is 9.75. The lowest BCUT2D eigenvalue weighted by Crippen LogP contribution is -2.45. The Kier molecular flexibility index (Phi) is 4.08. The number of anilines is 1. The van der Waals surface area contributed by atoms with E-state index in [0.29, 0.717) is 11.7 Å². The molecule has 0 aromatic heterocycles. The van der Waals surface area contributed by atoms with E-state index in [2.05, 4.69) is 5.32 Å². The van der Waals surface area contributed by atoms with Crippen molar-refractivity contribution in [2.45, 2.75) is 31.3 Å². The third kappa shape index (κ3) is 2.74. The summed E-state index contributed by atoms with van der Waals surface area (Å²) in [6.45, 7) is 0. The standard InChI is InChI=1S/C15H18N2O2S/c18-14-10-13(16-11-6-8-20-9-7-11)15(19)17(14)12-4-2-1-3-5-12/h1-5,11,13,16H,6-10H2. The minimum Gasteiger partial charge on any atom is -0.303 e. The quantitative estimate of drug-likeness (QED) is 0.863. The maximum atomic E-state index is 12.4. The highest BCUT2D eigenvalue weighted by molar-refractivity contribution is 7.99. The van der Waals surface area contributed by atoms with Crippen molar-refractivity contribution in [2.75, 3.05) is 16.4 Å². The van der Waals surface area contributed by atoms with Gasteiger partial charge in [0.2, 0.25) is 5.91 Å². The summed E-state index contributed by atoms with van der Waals surface area (Å²) in [5.74, 6) is 2.05. The van der Waals surface area contributed by atoms with E-state index in [9.17, 15) is 9.59 Å².